The summed E-state index contributed by atoms with van der Waals surface area (Å²) in [5, 5.41) is 0.365. The molecule has 0 bridgehead atoms. The number of aryl methyl sites for hydroxylation is 1. The fraction of sp³-hybridized carbons (Fsp3) is 0.400. The van der Waals surface area contributed by atoms with E-state index in [1.165, 1.54) is 0 Å². The summed E-state index contributed by atoms with van der Waals surface area (Å²) < 4.78 is 0. The van der Waals surface area contributed by atoms with Crippen molar-refractivity contribution in [1.82, 2.24) is 9.88 Å². The first-order valence-corrected chi connectivity index (χ1v) is 5.21. The molecule has 1 aromatic heterocycles. The molecule has 0 radical (unpaired) electrons. The van der Waals surface area contributed by atoms with Crippen LogP contribution < -0.4 is 11.5 Å². The fourth-order valence-electron chi connectivity index (χ4n) is 1.31. The van der Waals surface area contributed by atoms with Gasteiger partial charge in [-0.05, 0) is 31.3 Å². The molecule has 1 aromatic rings. The van der Waals surface area contributed by atoms with Gasteiger partial charge in [0.05, 0.1) is 12.2 Å². The highest BCUT2D eigenvalue weighted by molar-refractivity contribution is 7.80. The number of pyridine rings is 1. The molecule has 0 aliphatic heterocycles. The maximum Gasteiger partial charge on any atom is 0.166 e. The van der Waals surface area contributed by atoms with Crippen LogP contribution in [0.5, 0.6) is 0 Å². The molecule has 4 nitrogen and oxygen atoms in total. The van der Waals surface area contributed by atoms with E-state index in [0.717, 1.165) is 11.4 Å². The van der Waals surface area contributed by atoms with E-state index in [9.17, 15) is 0 Å². The Balaban J connectivity index is 2.69. The highest BCUT2D eigenvalue weighted by atomic mass is 32.1. The number of nitrogens with two attached hydrogens (primary N) is 2. The molecule has 0 saturated heterocycles. The van der Waals surface area contributed by atoms with Gasteiger partial charge >= 0.3 is 0 Å². The van der Waals surface area contributed by atoms with E-state index >= 15 is 0 Å². The van der Waals surface area contributed by atoms with Gasteiger partial charge in [-0.25, -0.2) is 0 Å². The second kappa shape index (κ2) is 5.63. The number of rotatable bonds is 4. The summed E-state index contributed by atoms with van der Waals surface area (Å²) in [5.41, 5.74) is 13.0. The summed E-state index contributed by atoms with van der Waals surface area (Å²) in [5.74, 6) is 0. The van der Waals surface area contributed by atoms with Gasteiger partial charge in [-0.2, -0.15) is 0 Å². The Kier molecular flexibility index (Phi) is 4.45. The summed E-state index contributed by atoms with van der Waals surface area (Å²) in [6.07, 6.45) is 0. The van der Waals surface area contributed by atoms with Crippen LogP contribution in [0.3, 0.4) is 0 Å². The van der Waals surface area contributed by atoms with Crippen LogP contribution in [0.4, 0.5) is 0 Å². The molecule has 0 aliphatic carbocycles. The standard InChI is InChI=1S/C10H16N4S/c1-8-3-2-4-9(13-8)7-14(6-5-11)10(12)15/h2-4H,5-7,11H2,1H3,(H2,12,15). The topological polar surface area (TPSA) is 68.2 Å². The van der Waals surface area contributed by atoms with Crippen LogP contribution in [-0.2, 0) is 6.54 Å². The number of nitrogens with zero attached hydrogens (tertiary/aromatic N) is 2. The van der Waals surface area contributed by atoms with E-state index in [1.807, 2.05) is 30.0 Å². The molecule has 0 atom stereocenters. The third-order valence-electron chi connectivity index (χ3n) is 2.01. The Hall–Kier alpha value is -1.20. The van der Waals surface area contributed by atoms with Crippen molar-refractivity contribution in [2.45, 2.75) is 13.5 Å². The van der Waals surface area contributed by atoms with Gasteiger partial charge in [0.15, 0.2) is 5.11 Å². The molecule has 0 aromatic carbocycles. The molecule has 0 spiro atoms. The predicted octanol–water partition coefficient (Wildman–Crippen LogP) is 0.394. The van der Waals surface area contributed by atoms with Crippen LogP contribution in [0.1, 0.15) is 11.4 Å². The van der Waals surface area contributed by atoms with E-state index in [4.69, 9.17) is 23.7 Å². The van der Waals surface area contributed by atoms with Crippen molar-refractivity contribution in [3.63, 3.8) is 0 Å². The first-order valence-electron chi connectivity index (χ1n) is 4.80. The molecule has 1 heterocycles. The zero-order valence-corrected chi connectivity index (χ0v) is 9.63. The van der Waals surface area contributed by atoms with Gasteiger partial charge in [-0.3, -0.25) is 4.98 Å². The number of aromatic nitrogens is 1. The molecule has 1 rings (SSSR count). The van der Waals surface area contributed by atoms with Crippen molar-refractivity contribution in [2.75, 3.05) is 13.1 Å². The van der Waals surface area contributed by atoms with Gasteiger partial charge in [0.2, 0.25) is 0 Å². The molecule has 0 unspecified atom stereocenters. The normalized spacial score (nSPS) is 10.0. The lowest BCUT2D eigenvalue weighted by Gasteiger charge is -2.21. The molecular formula is C10H16N4S. The minimum atomic E-state index is 0.365. The van der Waals surface area contributed by atoms with Crippen LogP contribution in [0.25, 0.3) is 0 Å². The Bertz CT molecular complexity index is 340. The highest BCUT2D eigenvalue weighted by Crippen LogP contribution is 2.02. The summed E-state index contributed by atoms with van der Waals surface area (Å²) in [7, 11) is 0. The lowest BCUT2D eigenvalue weighted by molar-refractivity contribution is 0.420. The average Bonchev–Trinajstić information content (AvgIpc) is 2.17. The quantitative estimate of drug-likeness (QED) is 0.724. The van der Waals surface area contributed by atoms with E-state index in [1.54, 1.807) is 0 Å². The van der Waals surface area contributed by atoms with Crippen LogP contribution in [0, 0.1) is 6.92 Å². The SMILES string of the molecule is Cc1cccc(CN(CCN)C(N)=S)n1. The number of hydrogen-bond donors (Lipinski definition) is 2. The zero-order chi connectivity index (χ0) is 11.3. The molecule has 15 heavy (non-hydrogen) atoms. The third kappa shape index (κ3) is 3.81. The fourth-order valence-corrected chi connectivity index (χ4v) is 1.46. The van der Waals surface area contributed by atoms with Crippen LogP contribution in [-0.4, -0.2) is 28.1 Å². The Morgan fingerprint density at radius 2 is 2.27 bits per heavy atom. The summed E-state index contributed by atoms with van der Waals surface area (Å²) in [6, 6.07) is 5.88. The molecule has 0 aliphatic rings. The van der Waals surface area contributed by atoms with Crippen LogP contribution in [0.15, 0.2) is 18.2 Å². The predicted molar refractivity (Wildman–Crippen MR) is 65.2 cm³/mol. The largest absolute Gasteiger partial charge is 0.376 e. The van der Waals surface area contributed by atoms with Gasteiger partial charge < -0.3 is 16.4 Å². The number of hydrogen-bond acceptors (Lipinski definition) is 3. The van der Waals surface area contributed by atoms with Gasteiger partial charge in [0, 0.05) is 18.8 Å². The summed E-state index contributed by atoms with van der Waals surface area (Å²) in [6.45, 7) is 3.76. The summed E-state index contributed by atoms with van der Waals surface area (Å²) in [4.78, 5) is 6.22. The molecule has 4 N–H and O–H groups in total. The van der Waals surface area contributed by atoms with Gasteiger partial charge in [-0.15, -0.1) is 0 Å². The first-order chi connectivity index (χ1) is 7.13. The summed E-state index contributed by atoms with van der Waals surface area (Å²) >= 11 is 4.93. The highest BCUT2D eigenvalue weighted by Gasteiger charge is 2.06. The van der Waals surface area contributed by atoms with Crippen molar-refractivity contribution in [3.05, 3.63) is 29.6 Å². The second-order valence-electron chi connectivity index (χ2n) is 3.32. The van der Waals surface area contributed by atoms with Gasteiger partial charge in [0.25, 0.3) is 0 Å². The Morgan fingerprint density at radius 3 is 2.80 bits per heavy atom. The van der Waals surface area contributed by atoms with Crippen LogP contribution in [0.2, 0.25) is 0 Å². The van der Waals surface area contributed by atoms with Crippen molar-refractivity contribution < 1.29 is 0 Å². The lowest BCUT2D eigenvalue weighted by atomic mass is 10.3. The third-order valence-corrected chi connectivity index (χ3v) is 2.27. The average molecular weight is 224 g/mol. The van der Waals surface area contributed by atoms with Crippen molar-refractivity contribution in [1.29, 1.82) is 0 Å². The van der Waals surface area contributed by atoms with Crippen molar-refractivity contribution in [2.24, 2.45) is 11.5 Å². The molecule has 5 heteroatoms. The van der Waals surface area contributed by atoms with E-state index in [2.05, 4.69) is 4.98 Å². The van der Waals surface area contributed by atoms with Gasteiger partial charge in [-0.1, -0.05) is 6.07 Å². The van der Waals surface area contributed by atoms with Crippen LogP contribution >= 0.6 is 12.2 Å². The second-order valence-corrected chi connectivity index (χ2v) is 3.74. The molecule has 0 fully saturated rings. The maximum atomic E-state index is 5.58. The van der Waals surface area contributed by atoms with Crippen molar-refractivity contribution >= 4 is 17.3 Å². The minimum absolute atomic E-state index is 0.365. The molecular weight excluding hydrogens is 208 g/mol. The van der Waals surface area contributed by atoms with Crippen molar-refractivity contribution in [3.8, 4) is 0 Å². The monoisotopic (exact) mass is 224 g/mol. The molecule has 82 valence electrons. The smallest absolute Gasteiger partial charge is 0.166 e. The van der Waals surface area contributed by atoms with Gasteiger partial charge in [0.1, 0.15) is 0 Å². The maximum absolute atomic E-state index is 5.58. The lowest BCUT2D eigenvalue weighted by Crippen LogP contribution is -2.38. The molecule has 0 saturated carbocycles. The van der Waals surface area contributed by atoms with E-state index in [0.29, 0.717) is 24.7 Å². The minimum Gasteiger partial charge on any atom is -0.376 e. The zero-order valence-electron chi connectivity index (χ0n) is 8.81. The van der Waals surface area contributed by atoms with E-state index < -0.39 is 0 Å². The Labute approximate surface area is 95.3 Å². The molecule has 0 amide bonds. The van der Waals surface area contributed by atoms with E-state index in [-0.39, 0.29) is 0 Å². The first kappa shape index (κ1) is 11.9. The number of thiocarbonyl (C=S) groups is 1. The Morgan fingerprint density at radius 1 is 1.53 bits per heavy atom.